The molecule has 2 aromatic rings. The van der Waals surface area contributed by atoms with Crippen molar-refractivity contribution in [1.82, 2.24) is 9.80 Å². The smallest absolute Gasteiger partial charge is 0.409 e. The van der Waals surface area contributed by atoms with E-state index in [2.05, 4.69) is 4.90 Å². The van der Waals surface area contributed by atoms with Crippen molar-refractivity contribution in [3.8, 4) is 11.5 Å². The maximum absolute atomic E-state index is 12.9. The highest BCUT2D eigenvalue weighted by Crippen LogP contribution is 2.40. The van der Waals surface area contributed by atoms with Gasteiger partial charge in [-0.2, -0.15) is 0 Å². The van der Waals surface area contributed by atoms with E-state index in [1.54, 1.807) is 48.2 Å². The number of Topliss-reactive ketones (excluding diaryl/α,β-unsaturated/α-hetero) is 1. The first-order valence-electron chi connectivity index (χ1n) is 11.0. The van der Waals surface area contributed by atoms with Gasteiger partial charge in [0.05, 0.1) is 30.4 Å². The van der Waals surface area contributed by atoms with Crippen LogP contribution in [-0.4, -0.2) is 72.6 Å². The Labute approximate surface area is 197 Å². The molecule has 0 spiro atoms. The molecule has 0 saturated carbocycles. The molecular formula is C25H26N2O7. The van der Waals surface area contributed by atoms with Crippen LogP contribution in [0.1, 0.15) is 38.8 Å². The van der Waals surface area contributed by atoms with E-state index >= 15 is 0 Å². The number of ketones is 1. The minimum atomic E-state index is -0.442. The van der Waals surface area contributed by atoms with Gasteiger partial charge in [0, 0.05) is 32.7 Å². The molecule has 0 aliphatic carbocycles. The fraction of sp³-hybridized carbons (Fsp3) is 0.320. The van der Waals surface area contributed by atoms with E-state index in [4.69, 9.17) is 14.2 Å². The molecule has 0 aromatic heterocycles. The van der Waals surface area contributed by atoms with Gasteiger partial charge in [0.1, 0.15) is 11.5 Å². The number of fused-ring (bicyclic) bond motifs is 1. The average molecular weight is 466 g/mol. The number of hydrogen-bond donors (Lipinski definition) is 1. The molecule has 2 aliphatic heterocycles. The molecule has 0 radical (unpaired) electrons. The zero-order chi connectivity index (χ0) is 24.2. The standard InChI is InChI=1S/C25H26N2O7/c1-3-33-25(31)27-12-10-26(11-13-27)15-19-20(28)9-8-18-22(29)21(34-23(18)19)14-16-4-6-17(7-5-16)24(30)32-2/h4-9,14,28H,3,10-13,15H2,1-2H3/b21-14-. The molecule has 178 valence electrons. The van der Waals surface area contributed by atoms with Crippen LogP contribution in [0.4, 0.5) is 4.79 Å². The molecule has 4 rings (SSSR count). The Morgan fingerprint density at radius 2 is 1.79 bits per heavy atom. The van der Waals surface area contributed by atoms with Crippen molar-refractivity contribution >= 4 is 23.9 Å². The van der Waals surface area contributed by atoms with Gasteiger partial charge in [-0.15, -0.1) is 0 Å². The van der Waals surface area contributed by atoms with Crippen LogP contribution in [0.25, 0.3) is 6.08 Å². The van der Waals surface area contributed by atoms with Crippen molar-refractivity contribution in [1.29, 1.82) is 0 Å². The number of carbonyl (C=O) groups excluding carboxylic acids is 3. The molecule has 1 fully saturated rings. The number of esters is 1. The SMILES string of the molecule is CCOC(=O)N1CCN(Cc2c(O)ccc3c2O/C(=C\c2ccc(C(=O)OC)cc2)C3=O)CC1. The quantitative estimate of drug-likeness (QED) is 0.530. The third-order valence-corrected chi connectivity index (χ3v) is 5.83. The summed E-state index contributed by atoms with van der Waals surface area (Å²) >= 11 is 0. The highest BCUT2D eigenvalue weighted by molar-refractivity contribution is 6.15. The number of rotatable bonds is 5. The Kier molecular flexibility index (Phi) is 6.83. The van der Waals surface area contributed by atoms with Crippen molar-refractivity contribution in [3.05, 3.63) is 64.4 Å². The van der Waals surface area contributed by atoms with Crippen LogP contribution in [0.5, 0.6) is 11.5 Å². The fourth-order valence-corrected chi connectivity index (χ4v) is 3.96. The number of aromatic hydroxyl groups is 1. The highest BCUT2D eigenvalue weighted by Gasteiger charge is 2.32. The van der Waals surface area contributed by atoms with Crippen molar-refractivity contribution in [3.63, 3.8) is 0 Å². The van der Waals surface area contributed by atoms with Crippen LogP contribution >= 0.6 is 0 Å². The van der Waals surface area contributed by atoms with Crippen LogP contribution in [0, 0.1) is 0 Å². The molecule has 0 bridgehead atoms. The topological polar surface area (TPSA) is 106 Å². The number of piperazine rings is 1. The summed E-state index contributed by atoms with van der Waals surface area (Å²) in [7, 11) is 1.31. The van der Waals surface area contributed by atoms with Crippen molar-refractivity contribution in [2.45, 2.75) is 13.5 Å². The molecule has 9 heteroatoms. The average Bonchev–Trinajstić information content (AvgIpc) is 3.16. The molecule has 1 amide bonds. The lowest BCUT2D eigenvalue weighted by atomic mass is 10.0. The molecular weight excluding hydrogens is 440 g/mol. The second kappa shape index (κ2) is 9.96. The molecule has 1 saturated heterocycles. The van der Waals surface area contributed by atoms with Gasteiger partial charge < -0.3 is 24.2 Å². The summed E-state index contributed by atoms with van der Waals surface area (Å²) in [6.45, 7) is 4.71. The summed E-state index contributed by atoms with van der Waals surface area (Å²) in [4.78, 5) is 40.2. The van der Waals surface area contributed by atoms with Crippen LogP contribution in [0.2, 0.25) is 0 Å². The molecule has 0 atom stereocenters. The van der Waals surface area contributed by atoms with Crippen molar-refractivity contribution in [2.24, 2.45) is 0 Å². The number of amides is 1. The Bertz CT molecular complexity index is 1130. The lowest BCUT2D eigenvalue weighted by molar-refractivity contribution is 0.0600. The predicted molar refractivity (Wildman–Crippen MR) is 123 cm³/mol. The van der Waals surface area contributed by atoms with Gasteiger partial charge in [-0.1, -0.05) is 12.1 Å². The zero-order valence-electron chi connectivity index (χ0n) is 19.1. The molecule has 2 aromatic carbocycles. The Balaban J connectivity index is 1.49. The predicted octanol–water partition coefficient (Wildman–Crippen LogP) is 3.07. The monoisotopic (exact) mass is 466 g/mol. The molecule has 1 N–H and O–H groups in total. The number of methoxy groups -OCH3 is 1. The van der Waals surface area contributed by atoms with Gasteiger partial charge in [0.2, 0.25) is 5.78 Å². The number of nitrogens with zero attached hydrogens (tertiary/aromatic N) is 2. The molecule has 0 unspecified atom stereocenters. The van der Waals surface area contributed by atoms with E-state index in [0.717, 1.165) is 0 Å². The van der Waals surface area contributed by atoms with Crippen molar-refractivity contribution < 1.29 is 33.7 Å². The van der Waals surface area contributed by atoms with Gasteiger partial charge in [-0.3, -0.25) is 9.69 Å². The molecule has 2 heterocycles. The molecule has 9 nitrogen and oxygen atoms in total. The van der Waals surface area contributed by atoms with Crippen LogP contribution in [0.15, 0.2) is 42.2 Å². The molecule has 2 aliphatic rings. The Morgan fingerprint density at radius 3 is 2.44 bits per heavy atom. The summed E-state index contributed by atoms with van der Waals surface area (Å²) in [6, 6.07) is 9.66. The first kappa shape index (κ1) is 23.3. The van der Waals surface area contributed by atoms with Crippen LogP contribution in [-0.2, 0) is 16.0 Å². The number of carbonyl (C=O) groups is 3. The zero-order valence-corrected chi connectivity index (χ0v) is 19.1. The Morgan fingerprint density at radius 1 is 1.09 bits per heavy atom. The van der Waals surface area contributed by atoms with Gasteiger partial charge in [0.15, 0.2) is 5.76 Å². The number of benzene rings is 2. The molecule has 34 heavy (non-hydrogen) atoms. The summed E-state index contributed by atoms with van der Waals surface area (Å²) < 4.78 is 15.7. The number of ether oxygens (including phenoxy) is 3. The lowest BCUT2D eigenvalue weighted by Crippen LogP contribution is -2.48. The second-order valence-electron chi connectivity index (χ2n) is 7.96. The third-order valence-electron chi connectivity index (χ3n) is 5.83. The van der Waals surface area contributed by atoms with E-state index in [1.165, 1.54) is 13.2 Å². The fourth-order valence-electron chi connectivity index (χ4n) is 3.96. The van der Waals surface area contributed by atoms with E-state index in [-0.39, 0.29) is 23.4 Å². The maximum Gasteiger partial charge on any atom is 0.409 e. The van der Waals surface area contributed by atoms with E-state index in [1.807, 2.05) is 0 Å². The minimum Gasteiger partial charge on any atom is -0.507 e. The summed E-state index contributed by atoms with van der Waals surface area (Å²) in [5.74, 6) is -0.193. The summed E-state index contributed by atoms with van der Waals surface area (Å²) in [5.41, 5.74) is 2.00. The van der Waals surface area contributed by atoms with Gasteiger partial charge in [0.25, 0.3) is 0 Å². The third kappa shape index (κ3) is 4.74. The Hall–Kier alpha value is -3.85. The first-order valence-corrected chi connectivity index (χ1v) is 11.0. The lowest BCUT2D eigenvalue weighted by Gasteiger charge is -2.34. The number of hydrogen-bond acceptors (Lipinski definition) is 8. The number of allylic oxidation sites excluding steroid dienone is 1. The maximum atomic E-state index is 12.9. The second-order valence-corrected chi connectivity index (χ2v) is 7.96. The van der Waals surface area contributed by atoms with E-state index in [0.29, 0.717) is 67.3 Å². The highest BCUT2D eigenvalue weighted by atomic mass is 16.6. The van der Waals surface area contributed by atoms with Gasteiger partial charge in [-0.05, 0) is 42.8 Å². The van der Waals surface area contributed by atoms with E-state index < -0.39 is 5.97 Å². The summed E-state index contributed by atoms with van der Waals surface area (Å²) in [6.07, 6.45) is 1.27. The van der Waals surface area contributed by atoms with E-state index in [9.17, 15) is 19.5 Å². The van der Waals surface area contributed by atoms with Gasteiger partial charge in [-0.25, -0.2) is 9.59 Å². The van der Waals surface area contributed by atoms with Crippen LogP contribution < -0.4 is 4.74 Å². The largest absolute Gasteiger partial charge is 0.507 e. The normalized spacial score (nSPS) is 16.8. The minimum absolute atomic E-state index is 0.0445. The number of phenols is 1. The van der Waals surface area contributed by atoms with Crippen molar-refractivity contribution in [2.75, 3.05) is 39.9 Å². The van der Waals surface area contributed by atoms with Gasteiger partial charge >= 0.3 is 12.1 Å². The van der Waals surface area contributed by atoms with Crippen LogP contribution in [0.3, 0.4) is 0 Å². The number of phenolic OH excluding ortho intramolecular Hbond substituents is 1. The first-order chi connectivity index (χ1) is 16.4. The summed E-state index contributed by atoms with van der Waals surface area (Å²) in [5, 5.41) is 10.5.